The van der Waals surface area contributed by atoms with Gasteiger partial charge in [-0.15, -0.1) is 10.2 Å². The zero-order valence-corrected chi connectivity index (χ0v) is 22.9. The minimum Gasteiger partial charge on any atom is -0.384 e. The maximum absolute atomic E-state index is 13.9. The lowest BCUT2D eigenvalue weighted by molar-refractivity contribution is -0.118. The van der Waals surface area contributed by atoms with E-state index in [2.05, 4.69) is 21.6 Å². The molecule has 3 N–H and O–H groups in total. The van der Waals surface area contributed by atoms with Crippen LogP contribution in [0.1, 0.15) is 38.2 Å². The van der Waals surface area contributed by atoms with Gasteiger partial charge >= 0.3 is 0 Å². The molecule has 3 aromatic rings. The number of halogens is 1. The van der Waals surface area contributed by atoms with E-state index in [1.165, 1.54) is 23.5 Å². The summed E-state index contributed by atoms with van der Waals surface area (Å²) in [6.45, 7) is 4.05. The lowest BCUT2D eigenvalue weighted by Gasteiger charge is -2.42. The molecular weight excluding hydrogens is 535 g/mol. The second-order valence-corrected chi connectivity index (χ2v) is 12.2. The standard InChI is InChI=1S/C28H25FN6O2S2/c1-28(2)12-20-24(21(36)13-28)23(16-8-4-3-5-9-16)17(14-30)25(31)35(20)26-33-34-27(39-26)38-15-22(37)32-19-11-7-6-10-18(19)29/h3-11,23H,12-13,15,31H2,1-2H3,(H,32,37). The van der Waals surface area contributed by atoms with Crippen molar-refractivity contribution >= 4 is 45.6 Å². The Kier molecular flexibility index (Phi) is 7.25. The van der Waals surface area contributed by atoms with E-state index in [-0.39, 0.29) is 39.9 Å². The van der Waals surface area contributed by atoms with Crippen molar-refractivity contribution in [3.8, 4) is 6.07 Å². The molecule has 0 spiro atoms. The Morgan fingerprint density at radius 2 is 1.92 bits per heavy atom. The third kappa shape index (κ3) is 5.30. The van der Waals surface area contributed by atoms with Crippen LogP contribution in [0.4, 0.5) is 15.2 Å². The molecule has 2 heterocycles. The number of nitriles is 1. The molecule has 1 amide bonds. The maximum Gasteiger partial charge on any atom is 0.234 e. The van der Waals surface area contributed by atoms with Crippen molar-refractivity contribution < 1.29 is 14.0 Å². The molecule has 1 atom stereocenters. The average Bonchev–Trinajstić information content (AvgIpc) is 3.36. The van der Waals surface area contributed by atoms with Crippen LogP contribution in [-0.4, -0.2) is 27.6 Å². The Balaban J connectivity index is 1.46. The van der Waals surface area contributed by atoms with Crippen molar-refractivity contribution in [1.29, 1.82) is 5.26 Å². The van der Waals surface area contributed by atoms with Gasteiger partial charge in [0.15, 0.2) is 10.1 Å². The van der Waals surface area contributed by atoms with Crippen molar-refractivity contribution in [3.05, 3.63) is 88.6 Å². The molecule has 198 valence electrons. The lowest BCUT2D eigenvalue weighted by atomic mass is 9.69. The van der Waals surface area contributed by atoms with E-state index < -0.39 is 11.7 Å². The number of amides is 1. The molecule has 8 nitrogen and oxygen atoms in total. The molecule has 0 fully saturated rings. The van der Waals surface area contributed by atoms with Crippen LogP contribution in [-0.2, 0) is 9.59 Å². The minimum atomic E-state index is -0.560. The van der Waals surface area contributed by atoms with Crippen molar-refractivity contribution in [2.75, 3.05) is 16.0 Å². The zero-order valence-electron chi connectivity index (χ0n) is 21.3. The molecule has 39 heavy (non-hydrogen) atoms. The summed E-state index contributed by atoms with van der Waals surface area (Å²) in [4.78, 5) is 27.6. The molecule has 1 unspecified atom stereocenters. The first-order valence-electron chi connectivity index (χ1n) is 12.2. The Bertz CT molecular complexity index is 1560. The van der Waals surface area contributed by atoms with E-state index in [1.807, 2.05) is 44.2 Å². The van der Waals surface area contributed by atoms with Crippen molar-refractivity contribution in [3.63, 3.8) is 0 Å². The van der Waals surface area contributed by atoms with E-state index in [0.29, 0.717) is 33.6 Å². The number of Topliss-reactive ketones (excluding diaryl/α,β-unsaturated/α-hetero) is 1. The molecule has 0 saturated heterocycles. The summed E-state index contributed by atoms with van der Waals surface area (Å²) >= 11 is 2.36. The van der Waals surface area contributed by atoms with Crippen LogP contribution in [0.2, 0.25) is 0 Å². The molecule has 0 radical (unpaired) electrons. The number of carbonyl (C=O) groups is 2. The molecule has 0 bridgehead atoms. The zero-order chi connectivity index (χ0) is 27.7. The predicted octanol–water partition coefficient (Wildman–Crippen LogP) is 5.35. The number of aromatic nitrogens is 2. The Labute approximate surface area is 233 Å². The molecule has 1 aliphatic heterocycles. The highest BCUT2D eigenvalue weighted by Crippen LogP contribution is 2.50. The summed E-state index contributed by atoms with van der Waals surface area (Å²) < 4.78 is 14.4. The van der Waals surface area contributed by atoms with Gasteiger partial charge in [-0.2, -0.15) is 5.26 Å². The van der Waals surface area contributed by atoms with Gasteiger partial charge in [-0.25, -0.2) is 4.39 Å². The van der Waals surface area contributed by atoms with Crippen LogP contribution < -0.4 is 16.0 Å². The third-order valence-electron chi connectivity index (χ3n) is 6.58. The third-order valence-corrected chi connectivity index (χ3v) is 8.62. The number of hydrogen-bond donors (Lipinski definition) is 2. The smallest absolute Gasteiger partial charge is 0.234 e. The van der Waals surface area contributed by atoms with Gasteiger partial charge in [0.25, 0.3) is 0 Å². The molecule has 2 aromatic carbocycles. The highest BCUT2D eigenvalue weighted by atomic mass is 32.2. The summed E-state index contributed by atoms with van der Waals surface area (Å²) in [6, 6.07) is 17.6. The number of benzene rings is 2. The van der Waals surface area contributed by atoms with Gasteiger partial charge in [-0.05, 0) is 29.5 Å². The predicted molar refractivity (Wildman–Crippen MR) is 149 cm³/mol. The summed E-state index contributed by atoms with van der Waals surface area (Å²) in [5, 5.41) is 21.6. The van der Waals surface area contributed by atoms with Crippen LogP contribution in [0.15, 0.2) is 81.6 Å². The number of allylic oxidation sites excluding steroid dienone is 3. The number of nitrogens with one attached hydrogen (secondary N) is 1. The van der Waals surface area contributed by atoms with E-state index in [9.17, 15) is 19.2 Å². The molecule has 5 rings (SSSR count). The fraction of sp³-hybridized carbons (Fsp3) is 0.250. The van der Waals surface area contributed by atoms with Crippen molar-refractivity contribution in [2.45, 2.75) is 36.9 Å². The first-order chi connectivity index (χ1) is 18.7. The minimum absolute atomic E-state index is 0.00667. The Hall–Kier alpha value is -4.01. The van der Waals surface area contributed by atoms with Crippen LogP contribution in [0.3, 0.4) is 0 Å². The topological polar surface area (TPSA) is 125 Å². The maximum atomic E-state index is 13.9. The fourth-order valence-electron chi connectivity index (χ4n) is 4.93. The number of thioether (sulfide) groups is 1. The highest BCUT2D eigenvalue weighted by Gasteiger charge is 2.45. The number of rotatable bonds is 6. The molecule has 2 aliphatic rings. The molecule has 0 saturated carbocycles. The van der Waals surface area contributed by atoms with E-state index in [0.717, 1.165) is 17.3 Å². The first-order valence-corrected chi connectivity index (χ1v) is 14.0. The number of carbonyl (C=O) groups excluding carboxylic acids is 2. The largest absolute Gasteiger partial charge is 0.384 e. The van der Waals surface area contributed by atoms with Crippen LogP contribution in [0, 0.1) is 22.6 Å². The van der Waals surface area contributed by atoms with Gasteiger partial charge < -0.3 is 11.1 Å². The normalized spacial score (nSPS) is 18.6. The number of hydrogen-bond acceptors (Lipinski definition) is 9. The van der Waals surface area contributed by atoms with Crippen LogP contribution in [0.5, 0.6) is 0 Å². The number of anilines is 2. The molecule has 1 aromatic heterocycles. The van der Waals surface area contributed by atoms with Crippen molar-refractivity contribution in [2.24, 2.45) is 11.1 Å². The van der Waals surface area contributed by atoms with Gasteiger partial charge in [0.05, 0.1) is 29.0 Å². The van der Waals surface area contributed by atoms with Gasteiger partial charge in [-0.1, -0.05) is 79.4 Å². The second-order valence-electron chi connectivity index (χ2n) is 10.1. The number of ketones is 1. The molecular formula is C28H25FN6O2S2. The number of nitrogens with zero attached hydrogens (tertiary/aromatic N) is 4. The highest BCUT2D eigenvalue weighted by molar-refractivity contribution is 8.01. The SMILES string of the molecule is CC1(C)CC(=O)C2=C(C1)N(c1nnc(SCC(=O)Nc3ccccc3F)s1)C(N)=C(C#N)C2c1ccccc1. The van der Waals surface area contributed by atoms with Gasteiger partial charge in [0.1, 0.15) is 11.6 Å². The molecule has 11 heteroatoms. The van der Waals surface area contributed by atoms with Crippen LogP contribution >= 0.6 is 23.1 Å². The number of para-hydroxylation sites is 1. The van der Waals surface area contributed by atoms with Gasteiger partial charge in [0, 0.05) is 17.7 Å². The fourth-order valence-corrected chi connectivity index (χ4v) is 6.61. The summed E-state index contributed by atoms with van der Waals surface area (Å²) in [5.74, 6) is -1.29. The number of nitrogens with two attached hydrogens (primary N) is 1. The van der Waals surface area contributed by atoms with E-state index in [1.54, 1.807) is 17.0 Å². The van der Waals surface area contributed by atoms with Crippen LogP contribution in [0.25, 0.3) is 0 Å². The monoisotopic (exact) mass is 560 g/mol. The average molecular weight is 561 g/mol. The Morgan fingerprint density at radius 1 is 1.21 bits per heavy atom. The second kappa shape index (κ2) is 10.6. The van der Waals surface area contributed by atoms with E-state index in [4.69, 9.17) is 5.73 Å². The van der Waals surface area contributed by atoms with E-state index >= 15 is 0 Å². The van der Waals surface area contributed by atoms with Gasteiger partial charge in [0.2, 0.25) is 11.0 Å². The first kappa shape index (κ1) is 26.6. The summed E-state index contributed by atoms with van der Waals surface area (Å²) in [6.07, 6.45) is 0.917. The Morgan fingerprint density at radius 3 is 2.64 bits per heavy atom. The van der Waals surface area contributed by atoms with Crippen molar-refractivity contribution in [1.82, 2.24) is 10.2 Å². The summed E-state index contributed by atoms with van der Waals surface area (Å²) in [5.41, 5.74) is 8.80. The molecule has 1 aliphatic carbocycles. The lowest BCUT2D eigenvalue weighted by Crippen LogP contribution is -2.42. The summed E-state index contributed by atoms with van der Waals surface area (Å²) in [7, 11) is 0. The van der Waals surface area contributed by atoms with Gasteiger partial charge in [-0.3, -0.25) is 14.5 Å². The quantitative estimate of drug-likeness (QED) is 0.387.